The highest BCUT2D eigenvalue weighted by molar-refractivity contribution is 7.99. The van der Waals surface area contributed by atoms with Crippen molar-refractivity contribution in [3.8, 4) is 0 Å². The molecule has 5 heteroatoms. The van der Waals surface area contributed by atoms with E-state index in [4.69, 9.17) is 5.73 Å². The highest BCUT2D eigenvalue weighted by atomic mass is 32.2. The molecule has 2 rings (SSSR count). The van der Waals surface area contributed by atoms with Gasteiger partial charge >= 0.3 is 0 Å². The highest BCUT2D eigenvalue weighted by Gasteiger charge is 2.14. The highest BCUT2D eigenvalue weighted by Crippen LogP contribution is 2.36. The summed E-state index contributed by atoms with van der Waals surface area (Å²) in [6.07, 6.45) is 1.21. The topological polar surface area (TPSA) is 60.2 Å². The molecule has 1 unspecified atom stereocenters. The third kappa shape index (κ3) is 4.09. The van der Waals surface area contributed by atoms with Crippen molar-refractivity contribution in [2.45, 2.75) is 22.0 Å². The van der Waals surface area contributed by atoms with Crippen LogP contribution in [0.25, 0.3) is 0 Å². The van der Waals surface area contributed by atoms with Crippen LogP contribution in [0.15, 0.2) is 58.3 Å². The fourth-order valence-electron chi connectivity index (χ4n) is 2.12. The lowest BCUT2D eigenvalue weighted by Gasteiger charge is -2.17. The molecule has 2 aromatic carbocycles. The minimum Gasteiger partial charge on any atom is -0.329 e. The molecule has 3 nitrogen and oxygen atoms in total. The summed E-state index contributed by atoms with van der Waals surface area (Å²) in [6.45, 7) is 2.61. The largest absolute Gasteiger partial charge is 0.329 e. The molecule has 0 saturated heterocycles. The van der Waals surface area contributed by atoms with E-state index >= 15 is 0 Å². The Morgan fingerprint density at radius 2 is 1.71 bits per heavy atom. The monoisotopic (exact) mass is 321 g/mol. The van der Waals surface area contributed by atoms with E-state index in [1.807, 2.05) is 24.3 Å². The molecule has 1 atom stereocenters. The Bertz CT molecular complexity index is 709. The second-order valence-electron chi connectivity index (χ2n) is 4.94. The number of aryl methyl sites for hydroxylation is 1. The van der Waals surface area contributed by atoms with Crippen molar-refractivity contribution < 1.29 is 8.42 Å². The summed E-state index contributed by atoms with van der Waals surface area (Å²) in [6, 6.07) is 15.1. The van der Waals surface area contributed by atoms with Crippen molar-refractivity contribution in [3.05, 3.63) is 59.7 Å². The number of nitrogens with two attached hydrogens (primary N) is 1. The van der Waals surface area contributed by atoms with Gasteiger partial charge in [-0.3, -0.25) is 0 Å². The zero-order valence-corrected chi connectivity index (χ0v) is 13.7. The molecule has 112 valence electrons. The molecule has 0 radical (unpaired) electrons. The van der Waals surface area contributed by atoms with E-state index in [-0.39, 0.29) is 5.25 Å². The van der Waals surface area contributed by atoms with Gasteiger partial charge in [-0.2, -0.15) is 0 Å². The van der Waals surface area contributed by atoms with Gasteiger partial charge in [-0.25, -0.2) is 8.42 Å². The van der Waals surface area contributed by atoms with Crippen LogP contribution in [0.5, 0.6) is 0 Å². The lowest BCUT2D eigenvalue weighted by atomic mass is 10.1. The Balaban J connectivity index is 2.22. The average Bonchev–Trinajstić information content (AvgIpc) is 2.45. The summed E-state index contributed by atoms with van der Waals surface area (Å²) in [5.41, 5.74) is 8.34. The van der Waals surface area contributed by atoms with Crippen LogP contribution in [0.1, 0.15) is 16.4 Å². The fraction of sp³-hybridized carbons (Fsp3) is 0.250. The van der Waals surface area contributed by atoms with Gasteiger partial charge in [0.05, 0.1) is 4.90 Å². The maximum Gasteiger partial charge on any atom is 0.175 e. The lowest BCUT2D eigenvalue weighted by Crippen LogP contribution is -2.10. The summed E-state index contributed by atoms with van der Waals surface area (Å²) in [7, 11) is -3.15. The molecule has 0 aliphatic carbocycles. The predicted molar refractivity (Wildman–Crippen MR) is 88.4 cm³/mol. The Kier molecular flexibility index (Phi) is 5.08. The van der Waals surface area contributed by atoms with E-state index in [2.05, 4.69) is 19.1 Å². The summed E-state index contributed by atoms with van der Waals surface area (Å²) in [4.78, 5) is 1.35. The average molecular weight is 321 g/mol. The van der Waals surface area contributed by atoms with Gasteiger partial charge in [0.15, 0.2) is 9.84 Å². The second-order valence-corrected chi connectivity index (χ2v) is 8.23. The van der Waals surface area contributed by atoms with Crippen LogP contribution in [-0.2, 0) is 9.84 Å². The third-order valence-corrected chi connectivity index (χ3v) is 5.68. The first kappa shape index (κ1) is 16.1. The number of hydrogen-bond acceptors (Lipinski definition) is 4. The molecule has 0 amide bonds. The number of thioether (sulfide) groups is 1. The second kappa shape index (κ2) is 6.64. The van der Waals surface area contributed by atoms with Crippen molar-refractivity contribution >= 4 is 21.6 Å². The van der Waals surface area contributed by atoms with Crippen LogP contribution in [0, 0.1) is 6.92 Å². The first-order chi connectivity index (χ1) is 9.91. The molecule has 0 spiro atoms. The number of benzene rings is 2. The first-order valence-corrected chi connectivity index (χ1v) is 9.41. The zero-order valence-electron chi connectivity index (χ0n) is 12.1. The van der Waals surface area contributed by atoms with Gasteiger partial charge in [0, 0.05) is 22.9 Å². The molecule has 0 aliphatic heterocycles. The Labute approximate surface area is 130 Å². The van der Waals surface area contributed by atoms with E-state index in [0.29, 0.717) is 11.4 Å². The van der Waals surface area contributed by atoms with Gasteiger partial charge in [0.1, 0.15) is 0 Å². The SMILES string of the molecule is Cc1ccccc1C(CN)Sc1ccc(S(C)(=O)=O)cc1. The number of sulfone groups is 1. The number of rotatable bonds is 5. The first-order valence-electron chi connectivity index (χ1n) is 6.64. The smallest absolute Gasteiger partial charge is 0.175 e. The molecular formula is C16H19NO2S2. The van der Waals surface area contributed by atoms with Gasteiger partial charge in [0.25, 0.3) is 0 Å². The molecule has 0 saturated carbocycles. The molecule has 2 N–H and O–H groups in total. The van der Waals surface area contributed by atoms with Crippen LogP contribution >= 0.6 is 11.8 Å². The van der Waals surface area contributed by atoms with Crippen LogP contribution in [-0.4, -0.2) is 21.2 Å². The fourth-order valence-corrected chi connectivity index (χ4v) is 3.86. The number of hydrogen-bond donors (Lipinski definition) is 1. The molecule has 0 aliphatic rings. The van der Waals surface area contributed by atoms with E-state index in [1.54, 1.807) is 23.9 Å². The van der Waals surface area contributed by atoms with E-state index < -0.39 is 9.84 Å². The maximum atomic E-state index is 11.5. The molecule has 0 fully saturated rings. The van der Waals surface area contributed by atoms with Crippen LogP contribution in [0.3, 0.4) is 0 Å². The minimum atomic E-state index is -3.15. The maximum absolute atomic E-state index is 11.5. The Morgan fingerprint density at radius 1 is 1.10 bits per heavy atom. The van der Waals surface area contributed by atoms with E-state index in [0.717, 1.165) is 4.90 Å². The van der Waals surface area contributed by atoms with Gasteiger partial charge in [-0.05, 0) is 42.3 Å². The summed E-state index contributed by atoms with van der Waals surface area (Å²) in [5.74, 6) is 0. The standard InChI is InChI=1S/C16H19NO2S2/c1-12-5-3-4-6-15(12)16(11-17)20-13-7-9-14(10-8-13)21(2,18)19/h3-10,16H,11,17H2,1-2H3. The molecule has 21 heavy (non-hydrogen) atoms. The third-order valence-electron chi connectivity index (χ3n) is 3.28. The molecule has 0 aromatic heterocycles. The van der Waals surface area contributed by atoms with E-state index in [9.17, 15) is 8.42 Å². The van der Waals surface area contributed by atoms with Crippen LogP contribution in [0.2, 0.25) is 0 Å². The zero-order chi connectivity index (χ0) is 15.5. The summed E-state index contributed by atoms with van der Waals surface area (Å²) >= 11 is 1.66. The van der Waals surface area contributed by atoms with Gasteiger partial charge in [-0.15, -0.1) is 11.8 Å². The van der Waals surface area contributed by atoms with Crippen LogP contribution in [0.4, 0.5) is 0 Å². The Morgan fingerprint density at radius 3 is 2.24 bits per heavy atom. The summed E-state index contributed by atoms with van der Waals surface area (Å²) in [5, 5.41) is 0.162. The molecular weight excluding hydrogens is 302 g/mol. The molecule has 0 bridgehead atoms. The molecule has 0 heterocycles. The van der Waals surface area contributed by atoms with Crippen molar-refractivity contribution in [1.82, 2.24) is 0 Å². The summed E-state index contributed by atoms with van der Waals surface area (Å²) < 4.78 is 22.9. The van der Waals surface area contributed by atoms with Gasteiger partial charge in [0.2, 0.25) is 0 Å². The minimum absolute atomic E-state index is 0.162. The Hall–Kier alpha value is -1.30. The van der Waals surface area contributed by atoms with Gasteiger partial charge in [-0.1, -0.05) is 24.3 Å². The van der Waals surface area contributed by atoms with Crippen LogP contribution < -0.4 is 5.73 Å². The predicted octanol–water partition coefficient (Wildman–Crippen LogP) is 3.19. The van der Waals surface area contributed by atoms with E-state index in [1.165, 1.54) is 17.4 Å². The quantitative estimate of drug-likeness (QED) is 0.859. The molecule has 2 aromatic rings. The lowest BCUT2D eigenvalue weighted by molar-refractivity contribution is 0.602. The van der Waals surface area contributed by atoms with Crippen molar-refractivity contribution in [2.24, 2.45) is 5.73 Å². The van der Waals surface area contributed by atoms with Crippen molar-refractivity contribution in [2.75, 3.05) is 12.8 Å². The van der Waals surface area contributed by atoms with Crippen molar-refractivity contribution in [1.29, 1.82) is 0 Å². The van der Waals surface area contributed by atoms with Gasteiger partial charge < -0.3 is 5.73 Å². The van der Waals surface area contributed by atoms with Crippen molar-refractivity contribution in [3.63, 3.8) is 0 Å². The normalized spacial score (nSPS) is 13.1.